The Labute approximate surface area is 238 Å². The van der Waals surface area contributed by atoms with Crippen LogP contribution in [0.1, 0.15) is 65.0 Å². The van der Waals surface area contributed by atoms with E-state index >= 15 is 0 Å². The van der Waals surface area contributed by atoms with Gasteiger partial charge >= 0.3 is 5.97 Å². The lowest BCUT2D eigenvalue weighted by Gasteiger charge is -2.17. The Balaban J connectivity index is 0. The quantitative estimate of drug-likeness (QED) is 0.0610. The van der Waals surface area contributed by atoms with Crippen molar-refractivity contribution in [3.05, 3.63) is 56.6 Å². The molecule has 0 atom stereocenters. The first-order chi connectivity index (χ1) is 18.0. The van der Waals surface area contributed by atoms with E-state index in [-0.39, 0.29) is 30.4 Å². The summed E-state index contributed by atoms with van der Waals surface area (Å²) in [7, 11) is 2.99. The fourth-order valence-electron chi connectivity index (χ4n) is 2.53. The zero-order chi connectivity index (χ0) is 29.7. The number of aliphatic hydroxyl groups is 1. The van der Waals surface area contributed by atoms with Crippen molar-refractivity contribution < 1.29 is 23.8 Å². The van der Waals surface area contributed by atoms with Crippen molar-refractivity contribution in [1.82, 2.24) is 9.62 Å². The zero-order valence-electron chi connectivity index (χ0n) is 24.8. The normalized spacial score (nSPS) is 12.2. The largest absolute Gasteiger partial charge is 0.511 e. The summed E-state index contributed by atoms with van der Waals surface area (Å²) in [6.07, 6.45) is 1.25. The molecule has 0 fully saturated rings. The number of aliphatic imine (C=N–C) groups is 1. The topological polar surface area (TPSA) is 123 Å². The molecule has 0 aliphatic rings. The number of aliphatic hydroxyl groups excluding tert-OH is 1. The van der Waals surface area contributed by atoms with Crippen LogP contribution in [-0.4, -0.2) is 55.1 Å². The van der Waals surface area contributed by atoms with Gasteiger partial charge in [0.2, 0.25) is 5.76 Å². The monoisotopic (exact) mass is 572 g/mol. The lowest BCUT2D eigenvalue weighted by molar-refractivity contribution is -0.142. The van der Waals surface area contributed by atoms with Gasteiger partial charge in [0.25, 0.3) is 0 Å². The van der Waals surface area contributed by atoms with E-state index in [2.05, 4.69) is 48.9 Å². The maximum Gasteiger partial charge on any atom is 0.375 e. The summed E-state index contributed by atoms with van der Waals surface area (Å²) in [4.78, 5) is 16.1. The van der Waals surface area contributed by atoms with E-state index < -0.39 is 5.97 Å². The van der Waals surface area contributed by atoms with Crippen LogP contribution in [0.3, 0.4) is 0 Å². The fourth-order valence-corrected chi connectivity index (χ4v) is 4.17. The summed E-state index contributed by atoms with van der Waals surface area (Å²) in [5.74, 6) is 1.43. The number of likely N-dealkylation sites (N-methyl/N-ethyl adjacent to an activating group) is 1. The van der Waals surface area contributed by atoms with Crippen molar-refractivity contribution in [3.8, 4) is 0 Å². The smallest absolute Gasteiger partial charge is 0.375 e. The summed E-state index contributed by atoms with van der Waals surface area (Å²) in [5, 5.41) is 13.9. The predicted octanol–water partition coefficient (Wildman–Crippen LogP) is 6.41. The van der Waals surface area contributed by atoms with Crippen LogP contribution in [0.5, 0.6) is 0 Å². The number of nitrogens with one attached hydrogen (secondary N) is 1. The van der Waals surface area contributed by atoms with E-state index in [1.165, 1.54) is 25.3 Å². The summed E-state index contributed by atoms with van der Waals surface area (Å²) in [6.45, 7) is 21.8. The van der Waals surface area contributed by atoms with Gasteiger partial charge in [-0.25, -0.2) is 9.10 Å². The van der Waals surface area contributed by atoms with Crippen LogP contribution in [0.15, 0.2) is 48.9 Å². The van der Waals surface area contributed by atoms with E-state index in [1.54, 1.807) is 38.3 Å². The number of methoxy groups -OCH3 is 1. The Hall–Kier alpha value is -2.50. The molecule has 11 heteroatoms. The van der Waals surface area contributed by atoms with Gasteiger partial charge in [-0.15, -0.1) is 0 Å². The molecule has 0 saturated carbocycles. The number of ether oxygens (including phenoxy) is 2. The minimum absolute atomic E-state index is 0.0163. The van der Waals surface area contributed by atoms with Crippen LogP contribution < -0.4 is 11.1 Å². The van der Waals surface area contributed by atoms with E-state index in [4.69, 9.17) is 19.6 Å². The SMILES string of the molecule is C=CS/C(SN(CC)CC)=C(\C)O.CCC.CCOC(=O)/C(OC)=C(\NC)C(N)=NCc1cc(C)c(C)o1. The van der Waals surface area contributed by atoms with Gasteiger partial charge in [0.1, 0.15) is 28.8 Å². The molecule has 0 radical (unpaired) electrons. The van der Waals surface area contributed by atoms with Crippen LogP contribution in [0.25, 0.3) is 0 Å². The number of hydrogen-bond acceptors (Lipinski definition) is 10. The second kappa shape index (κ2) is 22.5. The highest BCUT2D eigenvalue weighted by molar-refractivity contribution is 8.22. The predicted molar refractivity (Wildman–Crippen MR) is 163 cm³/mol. The van der Waals surface area contributed by atoms with Gasteiger partial charge in [0.15, 0.2) is 0 Å². The van der Waals surface area contributed by atoms with Crippen molar-refractivity contribution >= 4 is 35.5 Å². The summed E-state index contributed by atoms with van der Waals surface area (Å²) >= 11 is 3.04. The second-order valence-electron chi connectivity index (χ2n) is 7.60. The highest BCUT2D eigenvalue weighted by atomic mass is 32.2. The van der Waals surface area contributed by atoms with Crippen LogP contribution >= 0.6 is 23.7 Å². The van der Waals surface area contributed by atoms with Gasteiger partial charge < -0.3 is 30.0 Å². The molecule has 0 saturated heterocycles. The number of carbonyl (C=O) groups excluding carboxylic acids is 1. The first kappa shape index (κ1) is 37.7. The van der Waals surface area contributed by atoms with E-state index in [0.29, 0.717) is 11.5 Å². The number of nitrogens with zero attached hydrogens (tertiary/aromatic N) is 2. The fraction of sp³-hybridized carbons (Fsp3) is 0.556. The Kier molecular flexibility index (Phi) is 22.3. The van der Waals surface area contributed by atoms with Crippen molar-refractivity contribution in [2.75, 3.05) is 33.9 Å². The maximum atomic E-state index is 11.8. The van der Waals surface area contributed by atoms with Gasteiger partial charge in [-0.2, -0.15) is 0 Å². The summed E-state index contributed by atoms with van der Waals surface area (Å²) < 4.78 is 18.6. The van der Waals surface area contributed by atoms with E-state index in [9.17, 15) is 9.90 Å². The van der Waals surface area contributed by atoms with E-state index in [0.717, 1.165) is 28.7 Å². The number of esters is 1. The van der Waals surface area contributed by atoms with Gasteiger partial charge in [-0.3, -0.25) is 4.99 Å². The lowest BCUT2D eigenvalue weighted by Crippen LogP contribution is -2.29. The Morgan fingerprint density at radius 1 is 1.26 bits per heavy atom. The Bertz CT molecular complexity index is 899. The molecule has 38 heavy (non-hydrogen) atoms. The molecular weight excluding hydrogens is 524 g/mol. The highest BCUT2D eigenvalue weighted by Crippen LogP contribution is 2.33. The van der Waals surface area contributed by atoms with Crippen molar-refractivity contribution in [2.45, 2.75) is 68.4 Å². The molecule has 1 aromatic rings. The second-order valence-corrected chi connectivity index (χ2v) is 9.95. The molecule has 4 N–H and O–H groups in total. The third-order valence-corrected chi connectivity index (χ3v) is 6.85. The van der Waals surface area contributed by atoms with Crippen molar-refractivity contribution in [1.29, 1.82) is 0 Å². The molecule has 9 nitrogen and oxygen atoms in total. The third kappa shape index (κ3) is 15.0. The minimum atomic E-state index is -0.600. The molecular formula is C27H48N4O5S2. The number of furan rings is 1. The molecule has 0 aromatic carbocycles. The zero-order valence-corrected chi connectivity index (χ0v) is 26.4. The first-order valence-electron chi connectivity index (χ1n) is 12.6. The molecule has 0 unspecified atom stereocenters. The number of aryl methyl sites for hydroxylation is 2. The van der Waals surface area contributed by atoms with Gasteiger partial charge in [0, 0.05) is 20.1 Å². The van der Waals surface area contributed by atoms with Gasteiger partial charge in [0.05, 0.1) is 24.5 Å². The first-order valence-corrected chi connectivity index (χ1v) is 14.3. The molecule has 1 aromatic heterocycles. The average molecular weight is 573 g/mol. The number of allylic oxidation sites excluding steroid dienone is 1. The minimum Gasteiger partial charge on any atom is -0.511 e. The van der Waals surface area contributed by atoms with Crippen LogP contribution in [-0.2, 0) is 20.8 Å². The molecule has 218 valence electrons. The van der Waals surface area contributed by atoms with E-state index in [1.807, 2.05) is 19.9 Å². The molecule has 0 bridgehead atoms. The van der Waals surface area contributed by atoms with Crippen LogP contribution in [0, 0.1) is 13.8 Å². The van der Waals surface area contributed by atoms with Crippen LogP contribution in [0.4, 0.5) is 0 Å². The highest BCUT2D eigenvalue weighted by Gasteiger charge is 2.19. The number of hydrogen-bond donors (Lipinski definition) is 3. The number of rotatable bonds is 13. The standard InChI is InChI=1S/C15H23N3O4.C9H17NOS2.C3H8/c1-6-21-15(19)13(20-5)12(17-4)14(16)18-8-11-7-9(2)10(3)22-11;1-5-10(6-2)13-9(8(4)11)12-7-3;1-3-2/h7,17H,6,8H2,1-5H3,(H2,16,18);7,11H,3,5-6H2,1-2,4H3;3H2,1-2H3/b13-12+;9-8-;. The molecule has 0 amide bonds. The van der Waals surface area contributed by atoms with Crippen molar-refractivity contribution in [3.63, 3.8) is 0 Å². The molecule has 0 spiro atoms. The molecule has 0 aliphatic carbocycles. The summed E-state index contributed by atoms with van der Waals surface area (Å²) in [6, 6.07) is 1.90. The molecule has 0 aliphatic heterocycles. The number of nitrogens with two attached hydrogens (primary N) is 1. The Morgan fingerprint density at radius 3 is 2.21 bits per heavy atom. The van der Waals surface area contributed by atoms with Crippen LogP contribution in [0.2, 0.25) is 0 Å². The molecule has 1 rings (SSSR count). The summed E-state index contributed by atoms with van der Waals surface area (Å²) in [5.41, 5.74) is 7.26. The Morgan fingerprint density at radius 2 is 1.84 bits per heavy atom. The number of thioether (sulfide) groups is 1. The molecule has 1 heterocycles. The van der Waals surface area contributed by atoms with Gasteiger partial charge in [-0.1, -0.05) is 52.5 Å². The number of carbonyl (C=O) groups is 1. The van der Waals surface area contributed by atoms with Gasteiger partial charge in [-0.05, 0) is 56.7 Å². The third-order valence-electron chi connectivity index (χ3n) is 4.42. The average Bonchev–Trinajstić information content (AvgIpc) is 3.21. The van der Waals surface area contributed by atoms with Crippen molar-refractivity contribution in [2.24, 2.45) is 10.7 Å². The maximum absolute atomic E-state index is 11.8. The number of amidine groups is 1. The lowest BCUT2D eigenvalue weighted by atomic mass is 10.3.